The van der Waals surface area contributed by atoms with E-state index in [4.69, 9.17) is 23.7 Å². The highest BCUT2D eigenvalue weighted by Gasteiger charge is 2.72. The molecule has 1 aromatic rings. The molecule has 1 saturated carbocycles. The second kappa shape index (κ2) is 11.1. The molecule has 2 saturated heterocycles. The van der Waals surface area contributed by atoms with Gasteiger partial charge in [0.05, 0.1) is 18.6 Å². The van der Waals surface area contributed by atoms with E-state index >= 15 is 0 Å². The molecule has 7 heteroatoms. The molecular weight excluding hydrogens is 458 g/mol. The third-order valence-electron chi connectivity index (χ3n) is 7.60. The van der Waals surface area contributed by atoms with E-state index < -0.39 is 0 Å². The van der Waals surface area contributed by atoms with Crippen LogP contribution in [-0.2, 0) is 23.7 Å². The fraction of sp³-hybridized carbons (Fsp3) is 0.621. The molecule has 3 aliphatic rings. The fourth-order valence-electron chi connectivity index (χ4n) is 5.44. The summed E-state index contributed by atoms with van der Waals surface area (Å²) >= 11 is 0. The molecule has 0 bridgehead atoms. The minimum Gasteiger partial charge on any atom is -0.492 e. The third kappa shape index (κ3) is 6.20. The van der Waals surface area contributed by atoms with Gasteiger partial charge >= 0.3 is 5.97 Å². The van der Waals surface area contributed by atoms with Crippen molar-refractivity contribution in [1.82, 2.24) is 4.90 Å². The maximum absolute atomic E-state index is 12.7. The molecule has 0 amide bonds. The van der Waals surface area contributed by atoms with E-state index in [1.54, 1.807) is 13.2 Å². The number of nitrogens with zero attached hydrogens (tertiary/aromatic N) is 1. The molecule has 0 aromatic heterocycles. The normalized spacial score (nSPS) is 33.1. The quantitative estimate of drug-likeness (QED) is 0.195. The number of carbonyl (C=O) groups excluding carboxylic acids is 1. The number of epoxide rings is 2. The van der Waals surface area contributed by atoms with Crippen LogP contribution in [0.25, 0.3) is 6.08 Å². The van der Waals surface area contributed by atoms with Crippen LogP contribution in [0.2, 0.25) is 0 Å². The van der Waals surface area contributed by atoms with Gasteiger partial charge in [-0.25, -0.2) is 4.79 Å². The van der Waals surface area contributed by atoms with E-state index in [1.807, 2.05) is 38.4 Å². The number of rotatable bonds is 11. The van der Waals surface area contributed by atoms with Crippen LogP contribution in [0.15, 0.2) is 42.0 Å². The molecule has 0 N–H and O–H groups in total. The lowest BCUT2D eigenvalue weighted by molar-refractivity contribution is -0.166. The van der Waals surface area contributed by atoms with Crippen LogP contribution in [0.1, 0.15) is 45.6 Å². The summed E-state index contributed by atoms with van der Waals surface area (Å²) in [6.07, 6.45) is 7.38. The summed E-state index contributed by atoms with van der Waals surface area (Å²) in [6.45, 7) is 8.54. The number of carbonyl (C=O) groups is 1. The lowest BCUT2D eigenvalue weighted by Crippen LogP contribution is -2.55. The smallest absolute Gasteiger partial charge is 0.331 e. The van der Waals surface area contributed by atoms with Gasteiger partial charge in [0.25, 0.3) is 0 Å². The molecule has 2 aliphatic heterocycles. The summed E-state index contributed by atoms with van der Waals surface area (Å²) in [5.41, 5.74) is 1.61. The van der Waals surface area contributed by atoms with Gasteiger partial charge in [0.2, 0.25) is 0 Å². The van der Waals surface area contributed by atoms with Crippen molar-refractivity contribution in [2.24, 2.45) is 5.92 Å². The van der Waals surface area contributed by atoms with Gasteiger partial charge in [0.1, 0.15) is 35.8 Å². The monoisotopic (exact) mass is 499 g/mol. The molecule has 7 nitrogen and oxygen atoms in total. The number of ether oxygens (including phenoxy) is 5. The molecule has 2 heterocycles. The zero-order valence-electron chi connectivity index (χ0n) is 22.5. The van der Waals surface area contributed by atoms with Crippen molar-refractivity contribution < 1.29 is 28.5 Å². The minimum atomic E-state index is -0.372. The van der Waals surface area contributed by atoms with Gasteiger partial charge in [-0.2, -0.15) is 0 Å². The topological polar surface area (TPSA) is 73.1 Å². The largest absolute Gasteiger partial charge is 0.492 e. The molecule has 1 aromatic carbocycles. The third-order valence-corrected chi connectivity index (χ3v) is 7.60. The summed E-state index contributed by atoms with van der Waals surface area (Å²) in [6, 6.07) is 7.67. The zero-order valence-corrected chi connectivity index (χ0v) is 22.5. The molecule has 3 unspecified atom stereocenters. The Morgan fingerprint density at radius 3 is 2.56 bits per heavy atom. The molecule has 1 spiro atoms. The van der Waals surface area contributed by atoms with Crippen LogP contribution >= 0.6 is 0 Å². The first-order chi connectivity index (χ1) is 17.2. The van der Waals surface area contributed by atoms with E-state index in [1.165, 1.54) is 11.6 Å². The highest BCUT2D eigenvalue weighted by Crippen LogP contribution is 2.59. The van der Waals surface area contributed by atoms with Gasteiger partial charge in [0, 0.05) is 19.7 Å². The molecular formula is C29H41NO6. The Balaban J connectivity index is 1.36. The molecule has 0 radical (unpaired) electrons. The van der Waals surface area contributed by atoms with Gasteiger partial charge in [-0.15, -0.1) is 0 Å². The SMILES string of the molecule is COC1C(OC(=O)/C=C/c2ccc(OCCN(C)C)cc2)CC[C@]2(CO2)C1[C@@]1(C)O[C@@H]1CC=C(C)C. The highest BCUT2D eigenvalue weighted by molar-refractivity contribution is 5.87. The predicted molar refractivity (Wildman–Crippen MR) is 139 cm³/mol. The lowest BCUT2D eigenvalue weighted by Gasteiger charge is -2.42. The lowest BCUT2D eigenvalue weighted by atomic mass is 9.68. The van der Waals surface area contributed by atoms with Crippen LogP contribution in [-0.4, -0.2) is 81.3 Å². The standard InChI is InChI=1S/C29H41NO6/c1-20(2)7-13-24-28(3,36-24)27-26(32-6)23(15-16-29(27)19-34-29)35-25(31)14-10-21-8-11-22(12-9-21)33-18-17-30(4)5/h7-12,14,23-24,26-27H,13,15-19H2,1-6H3/b14-10+/t23?,24-,26?,27?,28+,29+/m1/s1. The first-order valence-electron chi connectivity index (χ1n) is 12.9. The maximum atomic E-state index is 12.7. The van der Waals surface area contributed by atoms with Crippen LogP contribution in [0.5, 0.6) is 5.75 Å². The van der Waals surface area contributed by atoms with Crippen LogP contribution in [0.4, 0.5) is 0 Å². The molecule has 4 rings (SSSR count). The van der Waals surface area contributed by atoms with E-state index in [0.29, 0.717) is 19.6 Å². The molecule has 1 aliphatic carbocycles. The number of methoxy groups -OCH3 is 1. The second-order valence-corrected chi connectivity index (χ2v) is 10.9. The molecule has 3 fully saturated rings. The van der Waals surface area contributed by atoms with Crippen molar-refractivity contribution in [3.8, 4) is 5.75 Å². The van der Waals surface area contributed by atoms with E-state index in [9.17, 15) is 4.79 Å². The van der Waals surface area contributed by atoms with Crippen LogP contribution < -0.4 is 4.74 Å². The summed E-state index contributed by atoms with van der Waals surface area (Å²) in [5.74, 6) is 0.450. The van der Waals surface area contributed by atoms with Gasteiger partial charge in [-0.3, -0.25) is 0 Å². The van der Waals surface area contributed by atoms with Crippen LogP contribution in [0.3, 0.4) is 0 Å². The van der Waals surface area contributed by atoms with Crippen molar-refractivity contribution in [3.63, 3.8) is 0 Å². The number of likely N-dealkylation sites (N-methyl/N-ethyl adjacent to an activating group) is 1. The fourth-order valence-corrected chi connectivity index (χ4v) is 5.44. The van der Waals surface area contributed by atoms with E-state index in [2.05, 4.69) is 31.7 Å². The molecule has 198 valence electrons. The van der Waals surface area contributed by atoms with E-state index in [-0.39, 0.29) is 41.4 Å². The Labute approximate surface area is 215 Å². The van der Waals surface area contributed by atoms with Crippen molar-refractivity contribution >= 4 is 12.0 Å². The summed E-state index contributed by atoms with van der Waals surface area (Å²) in [4.78, 5) is 14.8. The van der Waals surface area contributed by atoms with Crippen molar-refractivity contribution in [2.45, 2.75) is 69.5 Å². The summed E-state index contributed by atoms with van der Waals surface area (Å²) in [5, 5.41) is 0. The average Bonchev–Trinajstić information content (AvgIpc) is 3.75. The Morgan fingerprint density at radius 2 is 1.94 bits per heavy atom. The summed E-state index contributed by atoms with van der Waals surface area (Å²) in [7, 11) is 5.72. The maximum Gasteiger partial charge on any atom is 0.331 e. The Kier molecular flexibility index (Phi) is 8.25. The number of esters is 1. The molecule has 6 atom stereocenters. The number of allylic oxidation sites excluding steroid dienone is 1. The Bertz CT molecular complexity index is 962. The number of hydrogen-bond donors (Lipinski definition) is 0. The number of hydrogen-bond acceptors (Lipinski definition) is 7. The Hall–Kier alpha value is -2.19. The van der Waals surface area contributed by atoms with Gasteiger partial charge in [0.15, 0.2) is 0 Å². The second-order valence-electron chi connectivity index (χ2n) is 10.9. The summed E-state index contributed by atoms with van der Waals surface area (Å²) < 4.78 is 29.8. The molecule has 36 heavy (non-hydrogen) atoms. The predicted octanol–water partition coefficient (Wildman–Crippen LogP) is 4.26. The van der Waals surface area contributed by atoms with E-state index in [0.717, 1.165) is 30.7 Å². The minimum absolute atomic E-state index is 0.0149. The van der Waals surface area contributed by atoms with Gasteiger partial charge < -0.3 is 28.6 Å². The Morgan fingerprint density at radius 1 is 1.22 bits per heavy atom. The van der Waals surface area contributed by atoms with Gasteiger partial charge in [-0.05, 0) is 77.9 Å². The van der Waals surface area contributed by atoms with Crippen LogP contribution in [0, 0.1) is 5.92 Å². The highest BCUT2D eigenvalue weighted by atomic mass is 16.6. The average molecular weight is 500 g/mol. The van der Waals surface area contributed by atoms with Crippen molar-refractivity contribution in [1.29, 1.82) is 0 Å². The van der Waals surface area contributed by atoms with Crippen molar-refractivity contribution in [2.75, 3.05) is 41.0 Å². The van der Waals surface area contributed by atoms with Gasteiger partial charge in [-0.1, -0.05) is 23.8 Å². The zero-order chi connectivity index (χ0) is 25.9. The first kappa shape index (κ1) is 26.9. The first-order valence-corrected chi connectivity index (χ1v) is 12.9. The number of benzene rings is 1. The van der Waals surface area contributed by atoms with Crippen molar-refractivity contribution in [3.05, 3.63) is 47.6 Å².